The first-order valence-electron chi connectivity index (χ1n) is 8.47. The van der Waals surface area contributed by atoms with E-state index >= 15 is 0 Å². The van der Waals surface area contributed by atoms with Gasteiger partial charge in [-0.15, -0.1) is 5.10 Å². The molecule has 0 saturated carbocycles. The van der Waals surface area contributed by atoms with Crippen LogP contribution in [-0.2, 0) is 4.79 Å². The van der Waals surface area contributed by atoms with Gasteiger partial charge in [-0.05, 0) is 41.0 Å². The number of carboxylic acid groups (broad SMARTS) is 1. The third-order valence-corrected chi connectivity index (χ3v) is 4.26. The molecule has 0 fully saturated rings. The third kappa shape index (κ3) is 3.48. The molecule has 0 aromatic heterocycles. The summed E-state index contributed by atoms with van der Waals surface area (Å²) in [4.78, 5) is 10.5. The van der Waals surface area contributed by atoms with Gasteiger partial charge in [0.15, 0.2) is 6.61 Å². The van der Waals surface area contributed by atoms with Crippen molar-refractivity contribution in [3.63, 3.8) is 0 Å². The van der Waals surface area contributed by atoms with Crippen LogP contribution in [-0.4, -0.2) is 29.6 Å². The van der Waals surface area contributed by atoms with E-state index in [2.05, 4.69) is 34.5 Å². The van der Waals surface area contributed by atoms with Gasteiger partial charge in [-0.25, -0.2) is 4.79 Å². The summed E-state index contributed by atoms with van der Waals surface area (Å²) in [5.41, 5.74) is 6.20. The number of ether oxygens (including phenoxy) is 1. The van der Waals surface area contributed by atoms with Crippen LogP contribution in [0.3, 0.4) is 0 Å². The van der Waals surface area contributed by atoms with E-state index in [4.69, 9.17) is 9.84 Å². The summed E-state index contributed by atoms with van der Waals surface area (Å²) >= 11 is 0. The second kappa shape index (κ2) is 7.25. The van der Waals surface area contributed by atoms with Crippen LogP contribution in [0.1, 0.15) is 16.7 Å². The van der Waals surface area contributed by atoms with Gasteiger partial charge in [0, 0.05) is 11.1 Å². The molecule has 3 aromatic rings. The van der Waals surface area contributed by atoms with Gasteiger partial charge in [0.25, 0.3) is 0 Å². The van der Waals surface area contributed by atoms with Gasteiger partial charge in [0.05, 0.1) is 6.21 Å². The molecule has 0 radical (unpaired) electrons. The SMILES string of the molecule is O=C(O)COc1ccc(/C=N/N=C2c3ccccc3-c3ccccc32)cc1. The van der Waals surface area contributed by atoms with Crippen molar-refractivity contribution >= 4 is 17.9 Å². The number of hydrogen-bond donors (Lipinski definition) is 1. The Balaban J connectivity index is 1.57. The Bertz CT molecular complexity index is 1010. The largest absolute Gasteiger partial charge is 0.482 e. The second-order valence-electron chi connectivity index (χ2n) is 6.04. The quantitative estimate of drug-likeness (QED) is 0.434. The van der Waals surface area contributed by atoms with E-state index in [1.165, 1.54) is 11.1 Å². The molecule has 27 heavy (non-hydrogen) atoms. The molecule has 3 aromatic carbocycles. The number of benzene rings is 3. The number of aliphatic carboxylic acids is 1. The Morgan fingerprint density at radius 1 is 0.852 bits per heavy atom. The average molecular weight is 356 g/mol. The molecule has 0 atom stereocenters. The maximum absolute atomic E-state index is 10.5. The number of rotatable bonds is 5. The molecule has 0 bridgehead atoms. The molecule has 0 aliphatic heterocycles. The van der Waals surface area contributed by atoms with Crippen LogP contribution in [0.4, 0.5) is 0 Å². The Morgan fingerprint density at radius 2 is 1.41 bits per heavy atom. The predicted octanol–water partition coefficient (Wildman–Crippen LogP) is 4.00. The molecule has 0 spiro atoms. The molecule has 132 valence electrons. The highest BCUT2D eigenvalue weighted by Gasteiger charge is 2.23. The maximum atomic E-state index is 10.5. The lowest BCUT2D eigenvalue weighted by molar-refractivity contribution is -0.139. The third-order valence-electron chi connectivity index (χ3n) is 4.26. The Hall–Kier alpha value is -3.73. The highest BCUT2D eigenvalue weighted by atomic mass is 16.5. The summed E-state index contributed by atoms with van der Waals surface area (Å²) in [6.45, 7) is -0.361. The summed E-state index contributed by atoms with van der Waals surface area (Å²) in [5, 5.41) is 17.3. The minimum atomic E-state index is -1.01. The van der Waals surface area contributed by atoms with Gasteiger partial charge in [-0.3, -0.25) is 0 Å². The van der Waals surface area contributed by atoms with Crippen molar-refractivity contribution in [2.45, 2.75) is 0 Å². The van der Waals surface area contributed by atoms with Gasteiger partial charge in [0.1, 0.15) is 11.5 Å². The zero-order valence-electron chi connectivity index (χ0n) is 14.4. The van der Waals surface area contributed by atoms with Crippen molar-refractivity contribution < 1.29 is 14.6 Å². The van der Waals surface area contributed by atoms with Crippen molar-refractivity contribution in [3.8, 4) is 16.9 Å². The molecule has 4 rings (SSSR count). The summed E-state index contributed by atoms with van der Waals surface area (Å²) in [6, 6.07) is 23.4. The lowest BCUT2D eigenvalue weighted by Gasteiger charge is -2.02. The zero-order valence-corrected chi connectivity index (χ0v) is 14.4. The van der Waals surface area contributed by atoms with E-state index < -0.39 is 5.97 Å². The van der Waals surface area contributed by atoms with Crippen LogP contribution in [0, 0.1) is 0 Å². The highest BCUT2D eigenvalue weighted by Crippen LogP contribution is 2.36. The molecule has 5 heteroatoms. The number of carbonyl (C=O) groups is 1. The van der Waals surface area contributed by atoms with Crippen LogP contribution in [0.25, 0.3) is 11.1 Å². The van der Waals surface area contributed by atoms with Gasteiger partial charge in [0.2, 0.25) is 0 Å². The molecule has 0 amide bonds. The minimum Gasteiger partial charge on any atom is -0.482 e. The van der Waals surface area contributed by atoms with Crippen molar-refractivity contribution in [1.82, 2.24) is 0 Å². The first-order valence-corrected chi connectivity index (χ1v) is 8.47. The minimum absolute atomic E-state index is 0.361. The molecule has 5 nitrogen and oxygen atoms in total. The second-order valence-corrected chi connectivity index (χ2v) is 6.04. The van der Waals surface area contributed by atoms with Crippen molar-refractivity contribution in [2.24, 2.45) is 10.2 Å². The number of hydrogen-bond acceptors (Lipinski definition) is 4. The smallest absolute Gasteiger partial charge is 0.341 e. The zero-order chi connectivity index (χ0) is 18.6. The first kappa shape index (κ1) is 16.7. The van der Waals surface area contributed by atoms with Crippen LogP contribution in [0.15, 0.2) is 83.0 Å². The molecule has 1 aliphatic carbocycles. The number of nitrogens with zero attached hydrogens (tertiary/aromatic N) is 2. The van der Waals surface area contributed by atoms with E-state index in [0.29, 0.717) is 5.75 Å². The normalized spacial score (nSPS) is 11.9. The lowest BCUT2D eigenvalue weighted by atomic mass is 10.1. The predicted molar refractivity (Wildman–Crippen MR) is 105 cm³/mol. The summed E-state index contributed by atoms with van der Waals surface area (Å²) in [7, 11) is 0. The summed E-state index contributed by atoms with van der Waals surface area (Å²) in [5.74, 6) is -0.506. The van der Waals surface area contributed by atoms with Gasteiger partial charge in [-0.2, -0.15) is 5.10 Å². The molecule has 0 heterocycles. The molecular weight excluding hydrogens is 340 g/mol. The van der Waals surface area contributed by atoms with Crippen molar-refractivity contribution in [1.29, 1.82) is 0 Å². The van der Waals surface area contributed by atoms with E-state index in [-0.39, 0.29) is 6.61 Å². The van der Waals surface area contributed by atoms with Crippen LogP contribution >= 0.6 is 0 Å². The van der Waals surface area contributed by atoms with Crippen molar-refractivity contribution in [2.75, 3.05) is 6.61 Å². The Labute approximate surface area is 156 Å². The number of fused-ring (bicyclic) bond motifs is 3. The number of carboxylic acids is 1. The van der Waals surface area contributed by atoms with E-state index in [0.717, 1.165) is 22.4 Å². The monoisotopic (exact) mass is 356 g/mol. The Kier molecular flexibility index (Phi) is 4.49. The molecule has 0 unspecified atom stereocenters. The standard InChI is InChI=1S/C22H16N2O3/c25-21(26)14-27-16-11-9-15(10-12-16)13-23-24-22-19-7-3-1-5-17(19)18-6-2-4-8-20(18)22/h1-13H,14H2,(H,25,26)/b23-13+. The average Bonchev–Trinajstić information content (AvgIpc) is 3.02. The molecule has 0 saturated heterocycles. The topological polar surface area (TPSA) is 71.2 Å². The van der Waals surface area contributed by atoms with Gasteiger partial charge >= 0.3 is 5.97 Å². The maximum Gasteiger partial charge on any atom is 0.341 e. The molecule has 1 N–H and O–H groups in total. The fourth-order valence-corrected chi connectivity index (χ4v) is 3.05. The van der Waals surface area contributed by atoms with Crippen LogP contribution in [0.5, 0.6) is 5.75 Å². The fraction of sp³-hybridized carbons (Fsp3) is 0.0455. The fourth-order valence-electron chi connectivity index (χ4n) is 3.05. The molecular formula is C22H16N2O3. The van der Waals surface area contributed by atoms with Gasteiger partial charge in [-0.1, -0.05) is 48.5 Å². The van der Waals surface area contributed by atoms with E-state index in [1.54, 1.807) is 30.5 Å². The van der Waals surface area contributed by atoms with E-state index in [1.807, 2.05) is 24.3 Å². The van der Waals surface area contributed by atoms with Crippen molar-refractivity contribution in [3.05, 3.63) is 89.5 Å². The highest BCUT2D eigenvalue weighted by molar-refractivity contribution is 6.24. The lowest BCUT2D eigenvalue weighted by Crippen LogP contribution is -2.09. The van der Waals surface area contributed by atoms with E-state index in [9.17, 15) is 4.79 Å². The first-order chi connectivity index (χ1) is 13.2. The van der Waals surface area contributed by atoms with Gasteiger partial charge < -0.3 is 9.84 Å². The summed E-state index contributed by atoms with van der Waals surface area (Å²) < 4.78 is 5.11. The summed E-state index contributed by atoms with van der Waals surface area (Å²) in [6.07, 6.45) is 1.66. The van der Waals surface area contributed by atoms with Crippen LogP contribution < -0.4 is 4.74 Å². The Morgan fingerprint density at radius 3 is 1.96 bits per heavy atom. The van der Waals surface area contributed by atoms with Crippen LogP contribution in [0.2, 0.25) is 0 Å². The molecule has 1 aliphatic rings.